The number of hydrogen-bond donors (Lipinski definition) is 0. The molecule has 0 saturated carbocycles. The van der Waals surface area contributed by atoms with E-state index < -0.39 is 0 Å². The van der Waals surface area contributed by atoms with Gasteiger partial charge in [0, 0.05) is 19.3 Å². The largest absolute Gasteiger partial charge is 0.466 e. The molecule has 1 atom stereocenters. The van der Waals surface area contributed by atoms with E-state index in [0.717, 1.165) is 18.8 Å². The molecular formula is C14H22N2O2. The fraction of sp³-hybridized carbons (Fsp3) is 0.571. The van der Waals surface area contributed by atoms with Gasteiger partial charge in [-0.05, 0) is 25.6 Å². The topological polar surface area (TPSA) is 42.4 Å². The second-order valence-corrected chi connectivity index (χ2v) is 4.30. The molecule has 100 valence electrons. The third-order valence-electron chi connectivity index (χ3n) is 2.78. The Morgan fingerprint density at radius 3 is 2.78 bits per heavy atom. The number of esters is 1. The first-order valence-corrected chi connectivity index (χ1v) is 6.46. The summed E-state index contributed by atoms with van der Waals surface area (Å²) in [6.07, 6.45) is 1.79. The van der Waals surface area contributed by atoms with Crippen LogP contribution in [0.5, 0.6) is 0 Å². The summed E-state index contributed by atoms with van der Waals surface area (Å²) in [5, 5.41) is 0. The van der Waals surface area contributed by atoms with Crippen molar-refractivity contribution in [2.75, 3.05) is 19.7 Å². The Bertz CT molecular complexity index is 354. The van der Waals surface area contributed by atoms with Crippen LogP contribution in [0, 0.1) is 5.92 Å². The maximum atomic E-state index is 11.6. The molecule has 1 aromatic rings. The molecule has 1 rings (SSSR count). The van der Waals surface area contributed by atoms with Crippen molar-refractivity contribution in [1.82, 2.24) is 9.88 Å². The van der Waals surface area contributed by atoms with Crippen molar-refractivity contribution in [1.29, 1.82) is 0 Å². The first-order chi connectivity index (χ1) is 8.67. The smallest absolute Gasteiger partial charge is 0.309 e. The van der Waals surface area contributed by atoms with Gasteiger partial charge in [-0.2, -0.15) is 0 Å². The van der Waals surface area contributed by atoms with E-state index in [1.807, 2.05) is 32.0 Å². The van der Waals surface area contributed by atoms with Crippen molar-refractivity contribution in [2.45, 2.75) is 27.3 Å². The molecule has 0 fully saturated rings. The van der Waals surface area contributed by atoms with Gasteiger partial charge in [0.05, 0.1) is 18.2 Å². The van der Waals surface area contributed by atoms with Crippen LogP contribution < -0.4 is 0 Å². The maximum Gasteiger partial charge on any atom is 0.309 e. The second kappa shape index (κ2) is 7.82. The minimum absolute atomic E-state index is 0.103. The molecule has 0 aliphatic carbocycles. The second-order valence-electron chi connectivity index (χ2n) is 4.30. The number of hydrogen-bond acceptors (Lipinski definition) is 4. The molecule has 0 bridgehead atoms. The fourth-order valence-corrected chi connectivity index (χ4v) is 1.77. The number of carbonyl (C=O) groups excluding carboxylic acids is 1. The molecule has 1 heterocycles. The summed E-state index contributed by atoms with van der Waals surface area (Å²) >= 11 is 0. The van der Waals surface area contributed by atoms with E-state index in [1.54, 1.807) is 6.20 Å². The average Bonchev–Trinajstić information content (AvgIpc) is 2.39. The Morgan fingerprint density at radius 2 is 2.22 bits per heavy atom. The summed E-state index contributed by atoms with van der Waals surface area (Å²) < 4.78 is 5.02. The highest BCUT2D eigenvalue weighted by atomic mass is 16.5. The number of aromatic nitrogens is 1. The van der Waals surface area contributed by atoms with E-state index in [0.29, 0.717) is 13.2 Å². The molecule has 0 amide bonds. The lowest BCUT2D eigenvalue weighted by Gasteiger charge is -2.22. The molecule has 0 aliphatic rings. The van der Waals surface area contributed by atoms with Crippen LogP contribution in [-0.2, 0) is 16.1 Å². The van der Waals surface area contributed by atoms with Crippen LogP contribution in [0.25, 0.3) is 0 Å². The molecule has 4 heteroatoms. The van der Waals surface area contributed by atoms with Crippen molar-refractivity contribution in [3.8, 4) is 0 Å². The lowest BCUT2D eigenvalue weighted by molar-refractivity contribution is -0.148. The van der Waals surface area contributed by atoms with Gasteiger partial charge in [0.25, 0.3) is 0 Å². The van der Waals surface area contributed by atoms with E-state index in [1.165, 1.54) is 0 Å². The van der Waals surface area contributed by atoms with Crippen molar-refractivity contribution >= 4 is 5.97 Å². The molecule has 0 aromatic carbocycles. The zero-order valence-corrected chi connectivity index (χ0v) is 11.4. The first kappa shape index (κ1) is 14.6. The summed E-state index contributed by atoms with van der Waals surface area (Å²) in [6.45, 7) is 8.61. The van der Waals surface area contributed by atoms with Crippen LogP contribution in [0.3, 0.4) is 0 Å². The van der Waals surface area contributed by atoms with Gasteiger partial charge in [-0.1, -0.05) is 19.9 Å². The zero-order valence-electron chi connectivity index (χ0n) is 11.4. The third-order valence-corrected chi connectivity index (χ3v) is 2.78. The number of ether oxygens (including phenoxy) is 1. The standard InChI is InChI=1S/C14H22N2O2/c1-4-16(10-12(3)14(17)18-5-2)11-13-8-6-7-9-15-13/h6-9,12H,4-5,10-11H2,1-3H3. The number of carbonyl (C=O) groups is 1. The molecule has 18 heavy (non-hydrogen) atoms. The van der Waals surface area contributed by atoms with Crippen LogP contribution in [0.15, 0.2) is 24.4 Å². The molecule has 4 nitrogen and oxygen atoms in total. The number of nitrogens with zero attached hydrogens (tertiary/aromatic N) is 2. The molecule has 0 N–H and O–H groups in total. The minimum atomic E-state index is -0.128. The summed E-state index contributed by atoms with van der Waals surface area (Å²) in [5.41, 5.74) is 1.02. The Labute approximate surface area is 109 Å². The van der Waals surface area contributed by atoms with Crippen LogP contribution in [0.2, 0.25) is 0 Å². The van der Waals surface area contributed by atoms with Gasteiger partial charge in [-0.3, -0.25) is 14.7 Å². The zero-order chi connectivity index (χ0) is 13.4. The van der Waals surface area contributed by atoms with Crippen LogP contribution in [0.4, 0.5) is 0 Å². The minimum Gasteiger partial charge on any atom is -0.466 e. The molecule has 1 aromatic heterocycles. The Morgan fingerprint density at radius 1 is 1.44 bits per heavy atom. The quantitative estimate of drug-likeness (QED) is 0.695. The highest BCUT2D eigenvalue weighted by molar-refractivity contribution is 5.72. The fourth-order valence-electron chi connectivity index (χ4n) is 1.77. The number of rotatable bonds is 7. The van der Waals surface area contributed by atoms with Crippen molar-refractivity contribution in [2.24, 2.45) is 5.92 Å². The van der Waals surface area contributed by atoms with Gasteiger partial charge < -0.3 is 4.74 Å². The summed E-state index contributed by atoms with van der Waals surface area (Å²) in [6, 6.07) is 5.88. The van der Waals surface area contributed by atoms with E-state index >= 15 is 0 Å². The molecule has 0 spiro atoms. The van der Waals surface area contributed by atoms with E-state index in [-0.39, 0.29) is 11.9 Å². The van der Waals surface area contributed by atoms with E-state index in [2.05, 4.69) is 16.8 Å². The van der Waals surface area contributed by atoms with Gasteiger partial charge in [-0.15, -0.1) is 0 Å². The maximum absolute atomic E-state index is 11.6. The van der Waals surface area contributed by atoms with Gasteiger partial charge in [0.15, 0.2) is 0 Å². The number of pyridine rings is 1. The predicted octanol–water partition coefficient (Wildman–Crippen LogP) is 2.10. The van der Waals surface area contributed by atoms with Crippen molar-refractivity contribution in [3.63, 3.8) is 0 Å². The predicted molar refractivity (Wildman–Crippen MR) is 71.0 cm³/mol. The average molecular weight is 250 g/mol. The summed E-state index contributed by atoms with van der Waals surface area (Å²) in [4.78, 5) is 18.1. The first-order valence-electron chi connectivity index (χ1n) is 6.46. The van der Waals surface area contributed by atoms with Crippen molar-refractivity contribution in [3.05, 3.63) is 30.1 Å². The Hall–Kier alpha value is -1.42. The van der Waals surface area contributed by atoms with Gasteiger partial charge in [0.2, 0.25) is 0 Å². The molecule has 0 radical (unpaired) electrons. The summed E-state index contributed by atoms with van der Waals surface area (Å²) in [7, 11) is 0. The SMILES string of the molecule is CCOC(=O)C(C)CN(CC)Cc1ccccn1. The monoisotopic (exact) mass is 250 g/mol. The van der Waals surface area contributed by atoms with Crippen molar-refractivity contribution < 1.29 is 9.53 Å². The van der Waals surface area contributed by atoms with Crippen LogP contribution >= 0.6 is 0 Å². The highest BCUT2D eigenvalue weighted by Gasteiger charge is 2.17. The Balaban J connectivity index is 2.49. The summed E-state index contributed by atoms with van der Waals surface area (Å²) in [5.74, 6) is -0.231. The van der Waals surface area contributed by atoms with E-state index in [4.69, 9.17) is 4.74 Å². The molecule has 0 saturated heterocycles. The highest BCUT2D eigenvalue weighted by Crippen LogP contribution is 2.06. The normalized spacial score (nSPS) is 12.4. The lowest BCUT2D eigenvalue weighted by Crippen LogP contribution is -2.32. The third kappa shape index (κ3) is 4.84. The lowest BCUT2D eigenvalue weighted by atomic mass is 10.1. The van der Waals surface area contributed by atoms with Gasteiger partial charge in [0.1, 0.15) is 0 Å². The van der Waals surface area contributed by atoms with Crippen LogP contribution in [0.1, 0.15) is 26.5 Å². The van der Waals surface area contributed by atoms with E-state index in [9.17, 15) is 4.79 Å². The Kier molecular flexibility index (Phi) is 6.36. The van der Waals surface area contributed by atoms with Crippen LogP contribution in [-0.4, -0.2) is 35.5 Å². The van der Waals surface area contributed by atoms with Gasteiger partial charge in [-0.25, -0.2) is 0 Å². The molecule has 1 unspecified atom stereocenters. The molecule has 0 aliphatic heterocycles. The van der Waals surface area contributed by atoms with Gasteiger partial charge >= 0.3 is 5.97 Å². The molecular weight excluding hydrogens is 228 g/mol.